The van der Waals surface area contributed by atoms with Crippen LogP contribution in [0.3, 0.4) is 0 Å². The van der Waals surface area contributed by atoms with E-state index in [4.69, 9.17) is 4.74 Å². The van der Waals surface area contributed by atoms with Crippen LogP contribution < -0.4 is 10.1 Å². The topological polar surface area (TPSA) is 58.6 Å². The Morgan fingerprint density at radius 3 is 2.74 bits per heavy atom. The Kier molecular flexibility index (Phi) is 6.23. The van der Waals surface area contributed by atoms with Crippen molar-refractivity contribution in [2.75, 3.05) is 13.7 Å². The molecule has 0 aromatic heterocycles. The highest BCUT2D eigenvalue weighted by molar-refractivity contribution is 9.10. The molecule has 120 valence electrons. The molecule has 0 radical (unpaired) electrons. The molecule has 0 atom stereocenters. The van der Waals surface area contributed by atoms with Crippen LogP contribution in [0, 0.1) is 0 Å². The summed E-state index contributed by atoms with van der Waals surface area (Å²) in [5.74, 6) is 0.226. The third kappa shape index (κ3) is 5.14. The van der Waals surface area contributed by atoms with Crippen molar-refractivity contribution >= 4 is 27.9 Å². The zero-order chi connectivity index (χ0) is 16.7. The van der Waals surface area contributed by atoms with Crippen LogP contribution in [0.5, 0.6) is 11.5 Å². The number of amides is 1. The van der Waals surface area contributed by atoms with Gasteiger partial charge in [-0.1, -0.05) is 30.3 Å². The molecule has 1 amide bonds. The fraction of sp³-hybridized carbons (Fsp3) is 0.167. The number of carbonyl (C=O) groups is 1. The maximum atomic E-state index is 11.8. The van der Waals surface area contributed by atoms with Crippen molar-refractivity contribution in [3.63, 3.8) is 0 Å². The normalized spacial score (nSPS) is 10.7. The van der Waals surface area contributed by atoms with Gasteiger partial charge in [0.1, 0.15) is 0 Å². The van der Waals surface area contributed by atoms with Crippen molar-refractivity contribution in [3.05, 3.63) is 64.1 Å². The summed E-state index contributed by atoms with van der Waals surface area (Å²) in [5.41, 5.74) is 1.94. The first-order valence-electron chi connectivity index (χ1n) is 7.16. The predicted octanol–water partition coefficient (Wildman–Crippen LogP) is 3.54. The van der Waals surface area contributed by atoms with E-state index in [1.54, 1.807) is 18.2 Å². The number of nitrogens with one attached hydrogen (secondary N) is 1. The lowest BCUT2D eigenvalue weighted by atomic mass is 10.1. The minimum Gasteiger partial charge on any atom is -0.503 e. The second-order valence-electron chi connectivity index (χ2n) is 4.91. The number of hydrogen-bond acceptors (Lipinski definition) is 3. The Morgan fingerprint density at radius 2 is 2.04 bits per heavy atom. The molecule has 0 heterocycles. The van der Waals surface area contributed by atoms with Crippen LogP contribution in [0.15, 0.2) is 53.0 Å². The number of halogens is 1. The predicted molar refractivity (Wildman–Crippen MR) is 94.5 cm³/mol. The molecule has 2 rings (SSSR count). The Hall–Kier alpha value is -2.27. The highest BCUT2D eigenvalue weighted by atomic mass is 79.9. The van der Waals surface area contributed by atoms with Gasteiger partial charge in [0.2, 0.25) is 5.91 Å². The Bertz CT molecular complexity index is 699. The molecule has 0 spiro atoms. The second kappa shape index (κ2) is 8.39. The van der Waals surface area contributed by atoms with Crippen molar-refractivity contribution in [2.45, 2.75) is 6.42 Å². The minimum absolute atomic E-state index is 0.0389. The van der Waals surface area contributed by atoms with E-state index in [0.717, 1.165) is 12.0 Å². The zero-order valence-electron chi connectivity index (χ0n) is 12.8. The first kappa shape index (κ1) is 17.1. The summed E-state index contributed by atoms with van der Waals surface area (Å²) >= 11 is 3.25. The molecule has 0 saturated carbocycles. The van der Waals surface area contributed by atoms with E-state index >= 15 is 0 Å². The van der Waals surface area contributed by atoms with Crippen LogP contribution in [0.2, 0.25) is 0 Å². The number of phenolic OH excluding ortho intramolecular Hbond substituents is 1. The number of hydrogen-bond donors (Lipinski definition) is 2. The van der Waals surface area contributed by atoms with Crippen molar-refractivity contribution in [1.29, 1.82) is 0 Å². The molecule has 0 saturated heterocycles. The Balaban J connectivity index is 1.90. The van der Waals surface area contributed by atoms with Gasteiger partial charge in [0.15, 0.2) is 11.5 Å². The molecule has 0 aliphatic heterocycles. The van der Waals surface area contributed by atoms with Crippen LogP contribution in [0.25, 0.3) is 6.08 Å². The molecule has 0 aliphatic rings. The minimum atomic E-state index is -0.163. The fourth-order valence-corrected chi connectivity index (χ4v) is 2.51. The molecule has 0 fully saturated rings. The van der Waals surface area contributed by atoms with Gasteiger partial charge >= 0.3 is 0 Å². The van der Waals surface area contributed by atoms with E-state index in [2.05, 4.69) is 21.2 Å². The number of carbonyl (C=O) groups excluding carboxylic acids is 1. The summed E-state index contributed by atoms with van der Waals surface area (Å²) in [6.07, 6.45) is 3.92. The quantitative estimate of drug-likeness (QED) is 0.759. The largest absolute Gasteiger partial charge is 0.503 e. The zero-order valence-corrected chi connectivity index (χ0v) is 14.3. The molecule has 0 bridgehead atoms. The monoisotopic (exact) mass is 375 g/mol. The number of methoxy groups -OCH3 is 1. The van der Waals surface area contributed by atoms with Crippen molar-refractivity contribution < 1.29 is 14.6 Å². The van der Waals surface area contributed by atoms with Crippen molar-refractivity contribution in [1.82, 2.24) is 5.32 Å². The van der Waals surface area contributed by atoms with E-state index in [1.165, 1.54) is 18.7 Å². The first-order chi connectivity index (χ1) is 11.1. The maximum absolute atomic E-state index is 11.8. The van der Waals surface area contributed by atoms with E-state index in [1.807, 2.05) is 30.3 Å². The highest BCUT2D eigenvalue weighted by Crippen LogP contribution is 2.35. The summed E-state index contributed by atoms with van der Waals surface area (Å²) in [5, 5.41) is 12.6. The lowest BCUT2D eigenvalue weighted by molar-refractivity contribution is -0.116. The van der Waals surface area contributed by atoms with Crippen LogP contribution in [0.1, 0.15) is 11.1 Å². The number of ether oxygens (including phenoxy) is 1. The molecule has 0 unspecified atom stereocenters. The maximum Gasteiger partial charge on any atom is 0.244 e. The number of rotatable bonds is 6. The van der Waals surface area contributed by atoms with Gasteiger partial charge in [-0.2, -0.15) is 0 Å². The van der Waals surface area contributed by atoms with Crippen LogP contribution >= 0.6 is 15.9 Å². The lowest BCUT2D eigenvalue weighted by Gasteiger charge is -2.06. The van der Waals surface area contributed by atoms with Crippen LogP contribution in [0.4, 0.5) is 0 Å². The van der Waals surface area contributed by atoms with Gasteiger partial charge in [0, 0.05) is 12.6 Å². The standard InChI is InChI=1S/C18H18BrNO3/c1-23-16-12-14(11-15(19)18(16)22)7-8-17(21)20-10-9-13-5-3-2-4-6-13/h2-8,11-12,22H,9-10H2,1H3,(H,20,21)/b8-7+. The summed E-state index contributed by atoms with van der Waals surface area (Å²) in [4.78, 5) is 11.8. The van der Waals surface area contributed by atoms with E-state index in [0.29, 0.717) is 16.8 Å². The SMILES string of the molecule is COc1cc(/C=C/C(=O)NCCc2ccccc2)cc(Br)c1O. The Morgan fingerprint density at radius 1 is 1.30 bits per heavy atom. The molecule has 0 aliphatic carbocycles. The van der Waals surface area contributed by atoms with Gasteiger partial charge in [-0.05, 0) is 51.7 Å². The van der Waals surface area contributed by atoms with Gasteiger partial charge in [0.05, 0.1) is 11.6 Å². The molecule has 4 nitrogen and oxygen atoms in total. The van der Waals surface area contributed by atoms with E-state index < -0.39 is 0 Å². The van der Waals surface area contributed by atoms with Gasteiger partial charge in [0.25, 0.3) is 0 Å². The van der Waals surface area contributed by atoms with Gasteiger partial charge in [-0.3, -0.25) is 4.79 Å². The number of aromatic hydroxyl groups is 1. The van der Waals surface area contributed by atoms with Crippen molar-refractivity contribution in [2.24, 2.45) is 0 Å². The van der Waals surface area contributed by atoms with Crippen molar-refractivity contribution in [3.8, 4) is 11.5 Å². The fourth-order valence-electron chi connectivity index (χ4n) is 2.05. The molecular formula is C18H18BrNO3. The summed E-state index contributed by atoms with van der Waals surface area (Å²) in [6.45, 7) is 0.579. The number of phenols is 1. The smallest absolute Gasteiger partial charge is 0.244 e. The summed E-state index contributed by atoms with van der Waals surface area (Å²) in [6, 6.07) is 13.4. The van der Waals surface area contributed by atoms with Crippen LogP contribution in [-0.2, 0) is 11.2 Å². The number of benzene rings is 2. The summed E-state index contributed by atoms with van der Waals surface area (Å²) in [7, 11) is 1.48. The average molecular weight is 376 g/mol. The third-order valence-electron chi connectivity index (χ3n) is 3.25. The molecular weight excluding hydrogens is 358 g/mol. The van der Waals surface area contributed by atoms with Gasteiger partial charge < -0.3 is 15.2 Å². The molecule has 2 N–H and O–H groups in total. The molecule has 2 aromatic carbocycles. The first-order valence-corrected chi connectivity index (χ1v) is 7.96. The molecule has 2 aromatic rings. The van der Waals surface area contributed by atoms with E-state index in [9.17, 15) is 9.90 Å². The molecule has 23 heavy (non-hydrogen) atoms. The van der Waals surface area contributed by atoms with Gasteiger partial charge in [-0.25, -0.2) is 0 Å². The third-order valence-corrected chi connectivity index (χ3v) is 3.86. The Labute approximate surface area is 143 Å². The second-order valence-corrected chi connectivity index (χ2v) is 5.77. The van der Waals surface area contributed by atoms with Gasteiger partial charge in [-0.15, -0.1) is 0 Å². The lowest BCUT2D eigenvalue weighted by Crippen LogP contribution is -2.23. The highest BCUT2D eigenvalue weighted by Gasteiger charge is 2.07. The van der Waals surface area contributed by atoms with E-state index in [-0.39, 0.29) is 11.7 Å². The average Bonchev–Trinajstić information content (AvgIpc) is 2.56. The summed E-state index contributed by atoms with van der Waals surface area (Å²) < 4.78 is 5.59. The molecule has 5 heteroatoms. The van der Waals surface area contributed by atoms with Crippen LogP contribution in [-0.4, -0.2) is 24.7 Å².